The molecule has 0 bridgehead atoms. The van der Waals surface area contributed by atoms with Crippen LogP contribution in [0.25, 0.3) is 0 Å². The number of carbonyl (C=O) groups is 2. The highest BCUT2D eigenvalue weighted by atomic mass is 79.9. The van der Waals surface area contributed by atoms with E-state index in [2.05, 4.69) is 15.9 Å². The highest BCUT2D eigenvalue weighted by molar-refractivity contribution is 9.10. The summed E-state index contributed by atoms with van der Waals surface area (Å²) in [7, 11) is 1.43. The Balaban J connectivity index is 3.00. The summed E-state index contributed by atoms with van der Waals surface area (Å²) in [5.41, 5.74) is 0.283. The number of aliphatic carboxylic acids is 1. The molecular formula is C11H11BrClNO3. The molecule has 1 unspecified atom stereocenters. The molecule has 0 aromatic heterocycles. The number of likely N-dealkylation sites (N-methyl/N-ethyl adjacent to an activating group) is 1. The van der Waals surface area contributed by atoms with Crippen molar-refractivity contribution in [2.45, 2.75) is 13.0 Å². The summed E-state index contributed by atoms with van der Waals surface area (Å²) in [5, 5.41) is 9.11. The lowest BCUT2D eigenvalue weighted by Crippen LogP contribution is -2.40. The summed E-state index contributed by atoms with van der Waals surface area (Å²) in [6, 6.07) is 3.92. The third kappa shape index (κ3) is 3.20. The number of benzene rings is 1. The zero-order valence-electron chi connectivity index (χ0n) is 9.28. The van der Waals surface area contributed by atoms with Gasteiger partial charge >= 0.3 is 5.97 Å². The van der Waals surface area contributed by atoms with E-state index in [0.717, 1.165) is 9.37 Å². The molecule has 1 aromatic carbocycles. The molecule has 0 aliphatic heterocycles. The molecule has 1 atom stereocenters. The van der Waals surface area contributed by atoms with Crippen LogP contribution in [0.2, 0.25) is 5.02 Å². The van der Waals surface area contributed by atoms with Crippen LogP contribution >= 0.6 is 27.5 Å². The SMILES string of the molecule is CC(C(=O)O)N(C)C(=O)c1ccc(Br)cc1Cl. The van der Waals surface area contributed by atoms with Gasteiger partial charge in [-0.05, 0) is 25.1 Å². The highest BCUT2D eigenvalue weighted by Crippen LogP contribution is 2.22. The topological polar surface area (TPSA) is 57.6 Å². The third-order valence-electron chi connectivity index (χ3n) is 2.42. The second-order valence-corrected chi connectivity index (χ2v) is 4.88. The lowest BCUT2D eigenvalue weighted by atomic mass is 10.2. The van der Waals surface area contributed by atoms with Crippen molar-refractivity contribution in [3.8, 4) is 0 Å². The Hall–Kier alpha value is -1.07. The maximum absolute atomic E-state index is 12.0. The van der Waals surface area contributed by atoms with Gasteiger partial charge in [-0.25, -0.2) is 4.79 Å². The summed E-state index contributed by atoms with van der Waals surface area (Å²) >= 11 is 9.16. The summed E-state index contributed by atoms with van der Waals surface area (Å²) in [4.78, 5) is 23.9. The van der Waals surface area contributed by atoms with Crippen LogP contribution < -0.4 is 0 Å². The number of hydrogen-bond acceptors (Lipinski definition) is 2. The van der Waals surface area contributed by atoms with E-state index in [-0.39, 0.29) is 10.6 Å². The Morgan fingerprint density at radius 3 is 2.53 bits per heavy atom. The minimum atomic E-state index is -1.06. The molecule has 1 N–H and O–H groups in total. The number of halogens is 2. The quantitative estimate of drug-likeness (QED) is 0.931. The van der Waals surface area contributed by atoms with E-state index >= 15 is 0 Å². The zero-order valence-corrected chi connectivity index (χ0v) is 11.6. The molecule has 0 spiro atoms. The summed E-state index contributed by atoms with van der Waals surface area (Å²) < 4.78 is 0.757. The normalized spacial score (nSPS) is 12.0. The third-order valence-corrected chi connectivity index (χ3v) is 3.23. The minimum Gasteiger partial charge on any atom is -0.480 e. The molecule has 0 saturated heterocycles. The maximum atomic E-state index is 12.0. The average Bonchev–Trinajstić information content (AvgIpc) is 2.26. The van der Waals surface area contributed by atoms with E-state index < -0.39 is 17.9 Å². The molecule has 0 heterocycles. The van der Waals surface area contributed by atoms with E-state index in [1.807, 2.05) is 0 Å². The predicted molar refractivity (Wildman–Crippen MR) is 68.3 cm³/mol. The van der Waals surface area contributed by atoms with Crippen molar-refractivity contribution in [1.29, 1.82) is 0 Å². The first-order chi connectivity index (χ1) is 7.84. The lowest BCUT2D eigenvalue weighted by Gasteiger charge is -2.21. The second kappa shape index (κ2) is 5.51. The molecule has 0 aliphatic carbocycles. The van der Waals surface area contributed by atoms with Crippen molar-refractivity contribution >= 4 is 39.4 Å². The number of rotatable bonds is 3. The van der Waals surface area contributed by atoms with E-state index in [1.54, 1.807) is 18.2 Å². The van der Waals surface area contributed by atoms with Crippen molar-refractivity contribution in [3.05, 3.63) is 33.3 Å². The Labute approximate surface area is 112 Å². The van der Waals surface area contributed by atoms with Crippen LogP contribution in [0, 0.1) is 0 Å². The highest BCUT2D eigenvalue weighted by Gasteiger charge is 2.24. The molecule has 0 radical (unpaired) electrons. The molecule has 0 fully saturated rings. The smallest absolute Gasteiger partial charge is 0.326 e. The molecule has 1 rings (SSSR count). The van der Waals surface area contributed by atoms with Crippen molar-refractivity contribution in [1.82, 2.24) is 4.90 Å². The number of hydrogen-bond donors (Lipinski definition) is 1. The van der Waals surface area contributed by atoms with Crippen LogP contribution in [0.3, 0.4) is 0 Å². The number of amides is 1. The van der Waals surface area contributed by atoms with Gasteiger partial charge in [-0.15, -0.1) is 0 Å². The summed E-state index contributed by atoms with van der Waals surface area (Å²) in [6.45, 7) is 1.44. The molecule has 17 heavy (non-hydrogen) atoms. The summed E-state index contributed by atoms with van der Waals surface area (Å²) in [6.07, 6.45) is 0. The first kappa shape index (κ1) is 14.0. The van der Waals surface area contributed by atoms with Gasteiger partial charge in [0.1, 0.15) is 6.04 Å². The molecule has 0 saturated carbocycles. The minimum absolute atomic E-state index is 0.283. The van der Waals surface area contributed by atoms with Crippen molar-refractivity contribution in [2.75, 3.05) is 7.05 Å². The predicted octanol–water partition coefficient (Wildman–Crippen LogP) is 2.65. The molecule has 1 amide bonds. The largest absolute Gasteiger partial charge is 0.480 e. The van der Waals surface area contributed by atoms with Gasteiger partial charge in [-0.3, -0.25) is 4.79 Å². The van der Waals surface area contributed by atoms with Crippen LogP contribution in [0.5, 0.6) is 0 Å². The first-order valence-corrected chi connectivity index (χ1v) is 5.96. The van der Waals surface area contributed by atoms with Gasteiger partial charge in [-0.1, -0.05) is 27.5 Å². The average molecular weight is 321 g/mol. The van der Waals surface area contributed by atoms with Crippen molar-refractivity contribution < 1.29 is 14.7 Å². The van der Waals surface area contributed by atoms with E-state index in [1.165, 1.54) is 14.0 Å². The van der Waals surface area contributed by atoms with E-state index in [0.29, 0.717) is 0 Å². The van der Waals surface area contributed by atoms with Gasteiger partial charge in [-0.2, -0.15) is 0 Å². The fourth-order valence-electron chi connectivity index (χ4n) is 1.19. The molecule has 1 aromatic rings. The van der Waals surface area contributed by atoms with E-state index in [4.69, 9.17) is 16.7 Å². The first-order valence-electron chi connectivity index (χ1n) is 4.79. The van der Waals surface area contributed by atoms with Crippen molar-refractivity contribution in [2.24, 2.45) is 0 Å². The summed E-state index contributed by atoms with van der Waals surface area (Å²) in [5.74, 6) is -1.48. The lowest BCUT2D eigenvalue weighted by molar-refractivity contribution is -0.141. The number of carbonyl (C=O) groups excluding carboxylic acids is 1. The number of nitrogens with zero attached hydrogens (tertiary/aromatic N) is 1. The Morgan fingerprint density at radius 1 is 1.47 bits per heavy atom. The van der Waals surface area contributed by atoms with Gasteiger partial charge in [0.15, 0.2) is 0 Å². The van der Waals surface area contributed by atoms with E-state index in [9.17, 15) is 9.59 Å². The number of carboxylic acid groups (broad SMARTS) is 1. The Bertz CT molecular complexity index is 464. The fraction of sp³-hybridized carbons (Fsp3) is 0.273. The van der Waals surface area contributed by atoms with Crippen LogP contribution in [-0.2, 0) is 4.79 Å². The monoisotopic (exact) mass is 319 g/mol. The Kier molecular flexibility index (Phi) is 4.54. The standard InChI is InChI=1S/C11H11BrClNO3/c1-6(11(16)17)14(2)10(15)8-4-3-7(12)5-9(8)13/h3-6H,1-2H3,(H,16,17). The molecular weight excluding hydrogens is 309 g/mol. The Morgan fingerprint density at radius 2 is 2.06 bits per heavy atom. The van der Waals surface area contributed by atoms with Gasteiger partial charge < -0.3 is 10.0 Å². The molecule has 0 aliphatic rings. The maximum Gasteiger partial charge on any atom is 0.326 e. The molecule has 4 nitrogen and oxygen atoms in total. The van der Waals surface area contributed by atoms with Gasteiger partial charge in [0.2, 0.25) is 0 Å². The number of carboxylic acids is 1. The van der Waals surface area contributed by atoms with Gasteiger partial charge in [0.25, 0.3) is 5.91 Å². The van der Waals surface area contributed by atoms with Crippen LogP contribution in [0.1, 0.15) is 17.3 Å². The zero-order chi connectivity index (χ0) is 13.2. The fourth-order valence-corrected chi connectivity index (χ4v) is 1.95. The van der Waals surface area contributed by atoms with Crippen LogP contribution in [0.15, 0.2) is 22.7 Å². The second-order valence-electron chi connectivity index (χ2n) is 3.55. The van der Waals surface area contributed by atoms with Gasteiger partial charge in [0, 0.05) is 11.5 Å². The molecule has 92 valence electrons. The van der Waals surface area contributed by atoms with Gasteiger partial charge in [0.05, 0.1) is 10.6 Å². The van der Waals surface area contributed by atoms with Crippen LogP contribution in [0.4, 0.5) is 0 Å². The molecule has 6 heteroatoms. The van der Waals surface area contributed by atoms with Crippen LogP contribution in [-0.4, -0.2) is 35.0 Å². The van der Waals surface area contributed by atoms with Crippen molar-refractivity contribution in [3.63, 3.8) is 0 Å².